The molecule has 126 valence electrons. The Morgan fingerprint density at radius 1 is 1.43 bits per heavy atom. The van der Waals surface area contributed by atoms with Gasteiger partial charge in [0.05, 0.1) is 25.0 Å². The first-order valence-corrected chi connectivity index (χ1v) is 8.65. The monoisotopic (exact) mass is 318 g/mol. The van der Waals surface area contributed by atoms with Gasteiger partial charge in [-0.2, -0.15) is 0 Å². The van der Waals surface area contributed by atoms with Crippen LogP contribution in [0.1, 0.15) is 31.9 Å². The van der Waals surface area contributed by atoms with E-state index in [-0.39, 0.29) is 12.0 Å². The summed E-state index contributed by atoms with van der Waals surface area (Å²) in [7, 11) is 0. The molecule has 23 heavy (non-hydrogen) atoms. The highest BCUT2D eigenvalue weighted by Crippen LogP contribution is 2.35. The van der Waals surface area contributed by atoms with E-state index < -0.39 is 0 Å². The van der Waals surface area contributed by atoms with Gasteiger partial charge >= 0.3 is 0 Å². The van der Waals surface area contributed by atoms with E-state index in [0.717, 1.165) is 44.8 Å². The zero-order chi connectivity index (χ0) is 16.1. The zero-order valence-corrected chi connectivity index (χ0v) is 13.8. The lowest BCUT2D eigenvalue weighted by atomic mass is 9.91. The number of rotatable bonds is 7. The lowest BCUT2D eigenvalue weighted by Crippen LogP contribution is -2.31. The quantitative estimate of drug-likeness (QED) is 0.724. The number of hydrogen-bond acceptors (Lipinski definition) is 4. The SMILES string of the molecule is CCCC(=O)N1C[C@H]2[C@@H](CCOCc3ccccn3)CO[C@H]2C1. The van der Waals surface area contributed by atoms with Crippen molar-refractivity contribution in [3.05, 3.63) is 30.1 Å². The van der Waals surface area contributed by atoms with Crippen molar-refractivity contribution in [1.82, 2.24) is 9.88 Å². The number of nitrogens with zero attached hydrogens (tertiary/aromatic N) is 2. The third kappa shape index (κ3) is 4.09. The smallest absolute Gasteiger partial charge is 0.222 e. The molecule has 5 nitrogen and oxygen atoms in total. The second kappa shape index (κ2) is 7.88. The van der Waals surface area contributed by atoms with Crippen LogP contribution < -0.4 is 0 Å². The molecule has 3 heterocycles. The Bertz CT molecular complexity index is 508. The first-order valence-electron chi connectivity index (χ1n) is 8.65. The molecule has 0 radical (unpaired) electrons. The molecule has 2 fully saturated rings. The van der Waals surface area contributed by atoms with Gasteiger partial charge in [0.1, 0.15) is 0 Å². The summed E-state index contributed by atoms with van der Waals surface area (Å²) in [4.78, 5) is 18.3. The van der Waals surface area contributed by atoms with Gasteiger partial charge in [0.15, 0.2) is 0 Å². The fourth-order valence-electron chi connectivity index (χ4n) is 3.57. The van der Waals surface area contributed by atoms with E-state index in [1.165, 1.54) is 0 Å². The molecule has 1 amide bonds. The van der Waals surface area contributed by atoms with Gasteiger partial charge < -0.3 is 14.4 Å². The number of pyridine rings is 1. The average molecular weight is 318 g/mol. The topological polar surface area (TPSA) is 51.7 Å². The number of carbonyl (C=O) groups is 1. The van der Waals surface area contributed by atoms with Crippen LogP contribution in [0.3, 0.4) is 0 Å². The minimum Gasteiger partial charge on any atom is -0.376 e. The van der Waals surface area contributed by atoms with Gasteiger partial charge in [-0.3, -0.25) is 9.78 Å². The molecule has 0 saturated carbocycles. The molecule has 3 atom stereocenters. The Balaban J connectivity index is 1.40. The highest BCUT2D eigenvalue weighted by Gasteiger charge is 2.44. The first kappa shape index (κ1) is 16.4. The average Bonchev–Trinajstić information content (AvgIpc) is 3.14. The maximum absolute atomic E-state index is 12.0. The number of amides is 1. The Labute approximate surface area is 138 Å². The van der Waals surface area contributed by atoms with Crippen LogP contribution in [0.4, 0.5) is 0 Å². The van der Waals surface area contributed by atoms with Crippen LogP contribution in [0.15, 0.2) is 24.4 Å². The molecule has 1 aromatic heterocycles. The largest absolute Gasteiger partial charge is 0.376 e. The normalized spacial score (nSPS) is 26.5. The second-order valence-corrected chi connectivity index (χ2v) is 6.51. The van der Waals surface area contributed by atoms with Crippen LogP contribution >= 0.6 is 0 Å². The summed E-state index contributed by atoms with van der Waals surface area (Å²) in [6.45, 7) is 5.76. The van der Waals surface area contributed by atoms with Crippen molar-refractivity contribution >= 4 is 5.91 Å². The van der Waals surface area contributed by atoms with E-state index in [9.17, 15) is 4.79 Å². The van der Waals surface area contributed by atoms with Crippen molar-refractivity contribution in [3.63, 3.8) is 0 Å². The molecule has 2 aliphatic heterocycles. The summed E-state index contributed by atoms with van der Waals surface area (Å²) in [6, 6.07) is 5.86. The van der Waals surface area contributed by atoms with Gasteiger partial charge in [-0.05, 0) is 30.9 Å². The molecule has 0 spiro atoms. The molecule has 0 aliphatic carbocycles. The molecule has 2 saturated heterocycles. The van der Waals surface area contributed by atoms with Crippen LogP contribution in [0, 0.1) is 11.8 Å². The Hall–Kier alpha value is -1.46. The van der Waals surface area contributed by atoms with E-state index in [1.54, 1.807) is 6.20 Å². The van der Waals surface area contributed by atoms with Crippen molar-refractivity contribution in [2.24, 2.45) is 11.8 Å². The van der Waals surface area contributed by atoms with E-state index in [1.807, 2.05) is 30.0 Å². The van der Waals surface area contributed by atoms with Crippen LogP contribution in [0.5, 0.6) is 0 Å². The Morgan fingerprint density at radius 3 is 3.13 bits per heavy atom. The predicted molar refractivity (Wildman–Crippen MR) is 86.7 cm³/mol. The van der Waals surface area contributed by atoms with Crippen LogP contribution in [0.2, 0.25) is 0 Å². The summed E-state index contributed by atoms with van der Waals surface area (Å²) in [5.41, 5.74) is 0.963. The van der Waals surface area contributed by atoms with E-state index in [0.29, 0.717) is 24.9 Å². The van der Waals surface area contributed by atoms with Crippen molar-refractivity contribution in [2.75, 3.05) is 26.3 Å². The van der Waals surface area contributed by atoms with Gasteiger partial charge in [-0.1, -0.05) is 13.0 Å². The van der Waals surface area contributed by atoms with E-state index in [4.69, 9.17) is 9.47 Å². The molecule has 0 aromatic carbocycles. The molecule has 5 heteroatoms. The lowest BCUT2D eigenvalue weighted by Gasteiger charge is -2.19. The number of carbonyl (C=O) groups excluding carboxylic acids is 1. The molecular formula is C18H26N2O3. The fraction of sp³-hybridized carbons (Fsp3) is 0.667. The van der Waals surface area contributed by atoms with Gasteiger partial charge in [-0.25, -0.2) is 0 Å². The fourth-order valence-corrected chi connectivity index (χ4v) is 3.57. The molecular weight excluding hydrogens is 292 g/mol. The minimum absolute atomic E-state index is 0.233. The first-order chi connectivity index (χ1) is 11.3. The number of hydrogen-bond donors (Lipinski definition) is 0. The summed E-state index contributed by atoms with van der Waals surface area (Å²) in [6.07, 6.45) is 4.57. The third-order valence-corrected chi connectivity index (χ3v) is 4.86. The van der Waals surface area contributed by atoms with Crippen molar-refractivity contribution < 1.29 is 14.3 Å². The number of likely N-dealkylation sites (tertiary alicyclic amines) is 1. The summed E-state index contributed by atoms with van der Waals surface area (Å²) in [5.74, 6) is 1.26. The predicted octanol–water partition coefficient (Wildman–Crippen LogP) is 2.26. The van der Waals surface area contributed by atoms with E-state index >= 15 is 0 Å². The number of ether oxygens (including phenoxy) is 2. The Kier molecular flexibility index (Phi) is 5.62. The van der Waals surface area contributed by atoms with Gasteiger partial charge in [-0.15, -0.1) is 0 Å². The molecule has 1 aromatic rings. The van der Waals surface area contributed by atoms with Crippen molar-refractivity contribution in [1.29, 1.82) is 0 Å². The standard InChI is InChI=1S/C18H26N2O3/c1-2-5-18(21)20-10-16-14(12-23-17(16)11-20)7-9-22-13-15-6-3-4-8-19-15/h3-4,6,8,14,16-17H,2,5,7,9-13H2,1H3/t14-,16-,17-/m0/s1. The van der Waals surface area contributed by atoms with Crippen LogP contribution in [0.25, 0.3) is 0 Å². The summed E-state index contributed by atoms with van der Waals surface area (Å²) >= 11 is 0. The molecule has 3 rings (SSSR count). The van der Waals surface area contributed by atoms with E-state index in [2.05, 4.69) is 4.98 Å². The maximum Gasteiger partial charge on any atom is 0.222 e. The zero-order valence-electron chi connectivity index (χ0n) is 13.8. The number of aromatic nitrogens is 1. The molecule has 2 aliphatic rings. The lowest BCUT2D eigenvalue weighted by molar-refractivity contribution is -0.131. The van der Waals surface area contributed by atoms with Crippen molar-refractivity contribution in [2.45, 2.75) is 38.9 Å². The molecule has 0 N–H and O–H groups in total. The number of fused-ring (bicyclic) bond motifs is 1. The van der Waals surface area contributed by atoms with Crippen molar-refractivity contribution in [3.8, 4) is 0 Å². The van der Waals surface area contributed by atoms with Gasteiger partial charge in [0.2, 0.25) is 5.91 Å². The maximum atomic E-state index is 12.0. The van der Waals surface area contributed by atoms with Crippen LogP contribution in [-0.2, 0) is 20.9 Å². The Morgan fingerprint density at radius 2 is 2.35 bits per heavy atom. The van der Waals surface area contributed by atoms with Gasteiger partial charge in [0.25, 0.3) is 0 Å². The second-order valence-electron chi connectivity index (χ2n) is 6.51. The minimum atomic E-state index is 0.233. The van der Waals surface area contributed by atoms with Gasteiger partial charge in [0, 0.05) is 38.2 Å². The highest BCUT2D eigenvalue weighted by atomic mass is 16.5. The third-order valence-electron chi connectivity index (χ3n) is 4.86. The molecule has 0 bridgehead atoms. The highest BCUT2D eigenvalue weighted by molar-refractivity contribution is 5.76. The van der Waals surface area contributed by atoms with Crippen LogP contribution in [-0.4, -0.2) is 48.2 Å². The molecule has 0 unspecified atom stereocenters. The summed E-state index contributed by atoms with van der Waals surface area (Å²) < 4.78 is 11.6. The summed E-state index contributed by atoms with van der Waals surface area (Å²) in [5, 5.41) is 0.